The molecule has 8 heteroatoms. The molecule has 108 valence electrons. The minimum atomic E-state index is -5.00. The highest BCUT2D eigenvalue weighted by molar-refractivity contribution is 6.34. The van der Waals surface area contributed by atoms with Crippen LogP contribution in [0.15, 0.2) is 18.2 Å². The Morgan fingerprint density at radius 1 is 1.30 bits per heavy atom. The van der Waals surface area contributed by atoms with Crippen molar-refractivity contribution >= 4 is 29.2 Å². The Bertz CT molecular complexity index is 549. The topological polar surface area (TPSA) is 50.1 Å². The molecule has 0 saturated carbocycles. The molecular formula is C12H8Cl2F3NO2. The molecule has 0 aliphatic carbocycles. The number of halogens is 5. The summed E-state index contributed by atoms with van der Waals surface area (Å²) in [5.74, 6) is -1.17. The second-order valence-electron chi connectivity index (χ2n) is 3.93. The summed E-state index contributed by atoms with van der Waals surface area (Å²) in [7, 11) is 0.936. The van der Waals surface area contributed by atoms with Crippen molar-refractivity contribution in [3.05, 3.63) is 33.8 Å². The maximum absolute atomic E-state index is 13.3. The fourth-order valence-corrected chi connectivity index (χ4v) is 2.15. The van der Waals surface area contributed by atoms with Gasteiger partial charge in [0.15, 0.2) is 5.41 Å². The molecule has 1 aromatic rings. The molecule has 0 aliphatic rings. The van der Waals surface area contributed by atoms with Gasteiger partial charge >= 0.3 is 12.1 Å². The first-order chi connectivity index (χ1) is 9.16. The van der Waals surface area contributed by atoms with Crippen LogP contribution in [0.3, 0.4) is 0 Å². The van der Waals surface area contributed by atoms with Gasteiger partial charge in [-0.25, -0.2) is 0 Å². The lowest BCUT2D eigenvalue weighted by molar-refractivity contribution is -0.183. The summed E-state index contributed by atoms with van der Waals surface area (Å²) in [4.78, 5) is 11.2. The number of hydrogen-bond donors (Lipinski definition) is 0. The highest BCUT2D eigenvalue weighted by Gasteiger charge is 2.58. The van der Waals surface area contributed by atoms with Gasteiger partial charge < -0.3 is 4.74 Å². The summed E-state index contributed by atoms with van der Waals surface area (Å²) >= 11 is 11.3. The molecule has 0 bridgehead atoms. The van der Waals surface area contributed by atoms with E-state index in [-0.39, 0.29) is 10.0 Å². The van der Waals surface area contributed by atoms with Crippen LogP contribution in [0, 0.1) is 11.3 Å². The van der Waals surface area contributed by atoms with Crippen LogP contribution in [0.25, 0.3) is 0 Å². The van der Waals surface area contributed by atoms with E-state index in [2.05, 4.69) is 4.74 Å². The zero-order valence-electron chi connectivity index (χ0n) is 10.1. The van der Waals surface area contributed by atoms with E-state index < -0.39 is 29.5 Å². The molecule has 3 nitrogen and oxygen atoms in total. The van der Waals surface area contributed by atoms with Gasteiger partial charge in [0.05, 0.1) is 19.6 Å². The van der Waals surface area contributed by atoms with Gasteiger partial charge in [0, 0.05) is 10.0 Å². The third kappa shape index (κ3) is 3.17. The SMILES string of the molecule is COC(=O)CC(C#N)(c1cc(Cl)cc(Cl)c1)C(F)(F)F. The second kappa shape index (κ2) is 5.90. The zero-order valence-corrected chi connectivity index (χ0v) is 11.6. The molecule has 20 heavy (non-hydrogen) atoms. The smallest absolute Gasteiger partial charge is 0.411 e. The molecule has 0 fully saturated rings. The van der Waals surface area contributed by atoms with Crippen LogP contribution in [0.2, 0.25) is 10.0 Å². The molecular weight excluding hydrogens is 318 g/mol. The fraction of sp³-hybridized carbons (Fsp3) is 0.333. The fourth-order valence-electron chi connectivity index (χ4n) is 1.62. The first kappa shape index (κ1) is 16.6. The average Bonchev–Trinajstić information content (AvgIpc) is 2.32. The number of methoxy groups -OCH3 is 1. The molecule has 1 rings (SSSR count). The lowest BCUT2D eigenvalue weighted by Gasteiger charge is -2.28. The molecule has 0 amide bonds. The predicted octanol–water partition coefficient (Wildman–Crippen LogP) is 3.88. The van der Waals surface area contributed by atoms with Gasteiger partial charge in [0.25, 0.3) is 0 Å². The second-order valence-corrected chi connectivity index (χ2v) is 4.80. The van der Waals surface area contributed by atoms with Gasteiger partial charge in [-0.1, -0.05) is 23.2 Å². The number of benzene rings is 1. The first-order valence-electron chi connectivity index (χ1n) is 5.17. The molecule has 0 saturated heterocycles. The van der Waals surface area contributed by atoms with Crippen LogP contribution in [-0.2, 0) is 14.9 Å². The molecule has 1 aromatic carbocycles. The zero-order chi connectivity index (χ0) is 15.6. The van der Waals surface area contributed by atoms with Crippen LogP contribution in [0.1, 0.15) is 12.0 Å². The quantitative estimate of drug-likeness (QED) is 0.792. The molecule has 0 spiro atoms. The van der Waals surface area contributed by atoms with E-state index >= 15 is 0 Å². The standard InChI is InChI=1S/C12H8Cl2F3NO2/c1-20-10(19)5-11(6-18,12(15,16)17)7-2-8(13)4-9(14)3-7/h2-4H,5H2,1H3. The van der Waals surface area contributed by atoms with Crippen molar-refractivity contribution in [1.29, 1.82) is 5.26 Å². The van der Waals surface area contributed by atoms with E-state index in [1.54, 1.807) is 0 Å². The van der Waals surface area contributed by atoms with Crippen molar-refractivity contribution in [2.24, 2.45) is 0 Å². The van der Waals surface area contributed by atoms with Crippen LogP contribution in [0.5, 0.6) is 0 Å². The Morgan fingerprint density at radius 2 is 1.80 bits per heavy atom. The van der Waals surface area contributed by atoms with Crippen molar-refractivity contribution in [3.8, 4) is 6.07 Å². The van der Waals surface area contributed by atoms with Crippen molar-refractivity contribution < 1.29 is 22.7 Å². The van der Waals surface area contributed by atoms with Crippen LogP contribution < -0.4 is 0 Å². The largest absolute Gasteiger partial charge is 0.469 e. The third-order valence-electron chi connectivity index (χ3n) is 2.67. The van der Waals surface area contributed by atoms with Crippen LogP contribution in [-0.4, -0.2) is 19.3 Å². The molecule has 1 atom stereocenters. The van der Waals surface area contributed by atoms with Gasteiger partial charge in [0.1, 0.15) is 0 Å². The van der Waals surface area contributed by atoms with Gasteiger partial charge in [-0.2, -0.15) is 18.4 Å². The summed E-state index contributed by atoms with van der Waals surface area (Å²) in [5.41, 5.74) is -3.57. The molecule has 0 aromatic heterocycles. The average molecular weight is 326 g/mol. The Morgan fingerprint density at radius 3 is 2.15 bits per heavy atom. The number of esters is 1. The minimum absolute atomic E-state index is 0.0683. The van der Waals surface area contributed by atoms with Crippen molar-refractivity contribution in [3.63, 3.8) is 0 Å². The molecule has 0 aliphatic heterocycles. The van der Waals surface area contributed by atoms with E-state index in [0.717, 1.165) is 25.3 Å². The van der Waals surface area contributed by atoms with Crippen molar-refractivity contribution in [2.75, 3.05) is 7.11 Å². The summed E-state index contributed by atoms with van der Waals surface area (Å²) in [5, 5.41) is 8.89. The van der Waals surface area contributed by atoms with Gasteiger partial charge in [-0.15, -0.1) is 0 Å². The Labute approximate surface area is 122 Å². The van der Waals surface area contributed by atoms with Crippen LogP contribution in [0.4, 0.5) is 13.2 Å². The van der Waals surface area contributed by atoms with E-state index in [1.807, 2.05) is 0 Å². The normalized spacial score (nSPS) is 14.2. The highest BCUT2D eigenvalue weighted by atomic mass is 35.5. The van der Waals surface area contributed by atoms with Gasteiger partial charge in [-0.05, 0) is 23.8 Å². The Hall–Kier alpha value is -1.45. The summed E-state index contributed by atoms with van der Waals surface area (Å²) in [6.07, 6.45) is -6.18. The lowest BCUT2D eigenvalue weighted by atomic mass is 9.78. The van der Waals surface area contributed by atoms with Crippen LogP contribution >= 0.6 is 23.2 Å². The summed E-state index contributed by atoms with van der Waals surface area (Å²) < 4.78 is 44.1. The van der Waals surface area contributed by atoms with E-state index in [4.69, 9.17) is 28.5 Å². The molecule has 1 unspecified atom stereocenters. The predicted molar refractivity (Wildman–Crippen MR) is 66.4 cm³/mol. The maximum Gasteiger partial charge on any atom is 0.411 e. The number of carbonyl (C=O) groups excluding carboxylic acids is 1. The lowest BCUT2D eigenvalue weighted by Crippen LogP contribution is -2.43. The number of carbonyl (C=O) groups is 1. The molecule has 0 heterocycles. The number of rotatable bonds is 3. The van der Waals surface area contributed by atoms with Crippen molar-refractivity contribution in [1.82, 2.24) is 0 Å². The van der Waals surface area contributed by atoms with Crippen molar-refractivity contribution in [2.45, 2.75) is 18.0 Å². The monoisotopic (exact) mass is 325 g/mol. The number of alkyl halides is 3. The van der Waals surface area contributed by atoms with E-state index in [0.29, 0.717) is 0 Å². The molecule has 0 N–H and O–H groups in total. The Balaban J connectivity index is 3.52. The number of nitrogens with zero attached hydrogens (tertiary/aromatic N) is 1. The first-order valence-corrected chi connectivity index (χ1v) is 5.93. The number of ether oxygens (including phenoxy) is 1. The van der Waals surface area contributed by atoms with Gasteiger partial charge in [-0.3, -0.25) is 4.79 Å². The summed E-state index contributed by atoms with van der Waals surface area (Å²) in [6.45, 7) is 0. The summed E-state index contributed by atoms with van der Waals surface area (Å²) in [6, 6.07) is 4.28. The van der Waals surface area contributed by atoms with E-state index in [1.165, 1.54) is 6.07 Å². The number of nitriles is 1. The third-order valence-corrected chi connectivity index (χ3v) is 3.10. The van der Waals surface area contributed by atoms with Gasteiger partial charge in [0.2, 0.25) is 0 Å². The maximum atomic E-state index is 13.3. The Kier molecular flexibility index (Phi) is 4.90. The highest BCUT2D eigenvalue weighted by Crippen LogP contribution is 2.45. The molecule has 0 radical (unpaired) electrons. The van der Waals surface area contributed by atoms with E-state index in [9.17, 15) is 18.0 Å². The minimum Gasteiger partial charge on any atom is -0.469 e. The number of hydrogen-bond acceptors (Lipinski definition) is 3.